The van der Waals surface area contributed by atoms with Gasteiger partial charge in [-0.2, -0.15) is 0 Å². The Morgan fingerprint density at radius 1 is 1.30 bits per heavy atom. The molecule has 0 saturated heterocycles. The Morgan fingerprint density at radius 2 is 2.07 bits per heavy atom. The average Bonchev–Trinajstić information content (AvgIpc) is 3.03. The Labute approximate surface area is 173 Å². The summed E-state index contributed by atoms with van der Waals surface area (Å²) >= 11 is 0. The van der Waals surface area contributed by atoms with Gasteiger partial charge in [-0.15, -0.1) is 5.10 Å². The number of benzene rings is 1. The van der Waals surface area contributed by atoms with Crippen molar-refractivity contribution in [2.75, 3.05) is 19.9 Å². The fraction of sp³-hybridized carbons (Fsp3) is 0.286. The predicted octanol–water partition coefficient (Wildman–Crippen LogP) is 2.94. The number of hydrogen-bond donors (Lipinski definition) is 1. The third kappa shape index (κ3) is 3.22. The first-order valence-electron chi connectivity index (χ1n) is 9.37. The number of fused-ring (bicyclic) bond motifs is 5. The number of amides is 1. The van der Waals surface area contributed by atoms with Crippen LogP contribution in [0.4, 0.5) is 10.2 Å². The van der Waals surface area contributed by atoms with Gasteiger partial charge < -0.3 is 20.1 Å². The molecule has 4 rings (SSSR count). The van der Waals surface area contributed by atoms with Crippen LogP contribution in [0, 0.1) is 5.82 Å². The van der Waals surface area contributed by atoms with Gasteiger partial charge in [0.25, 0.3) is 5.91 Å². The summed E-state index contributed by atoms with van der Waals surface area (Å²) < 4.78 is 27.1. The molecule has 2 aromatic heterocycles. The number of carbonyl (C=O) groups is 1. The number of carbonyl (C=O) groups excluding carboxylic acids is 1. The second kappa shape index (κ2) is 7.33. The highest BCUT2D eigenvalue weighted by Gasteiger charge is 2.27. The molecule has 8 nitrogen and oxygen atoms in total. The van der Waals surface area contributed by atoms with E-state index in [4.69, 9.17) is 15.2 Å². The van der Waals surface area contributed by atoms with Gasteiger partial charge in [-0.1, -0.05) is 0 Å². The van der Waals surface area contributed by atoms with E-state index in [1.165, 1.54) is 25.3 Å². The van der Waals surface area contributed by atoms with Crippen molar-refractivity contribution in [3.63, 3.8) is 0 Å². The minimum Gasteiger partial charge on any atom is -0.482 e. The molecule has 2 N–H and O–H groups in total. The minimum atomic E-state index is -0.637. The second-order valence-corrected chi connectivity index (χ2v) is 7.21. The molecule has 1 aliphatic heterocycles. The maximum atomic E-state index is 14.0. The highest BCUT2D eigenvalue weighted by atomic mass is 19.1. The molecular formula is C21H22FN5O3. The zero-order valence-electron chi connectivity index (χ0n) is 17.1. The monoisotopic (exact) mass is 411 g/mol. The molecule has 0 radical (unpaired) electrons. The molecule has 3 aromatic rings. The molecular weight excluding hydrogens is 389 g/mol. The lowest BCUT2D eigenvalue weighted by Crippen LogP contribution is -2.29. The summed E-state index contributed by atoms with van der Waals surface area (Å²) in [5, 5.41) is 4.42. The molecule has 0 saturated carbocycles. The number of rotatable bonds is 1. The molecule has 2 bridgehead atoms. The Balaban J connectivity index is 1.97. The Hall–Kier alpha value is -3.62. The Morgan fingerprint density at radius 3 is 2.80 bits per heavy atom. The van der Waals surface area contributed by atoms with Gasteiger partial charge in [0.2, 0.25) is 5.88 Å². The summed E-state index contributed by atoms with van der Waals surface area (Å²) in [5.74, 6) is 0.201. The van der Waals surface area contributed by atoms with E-state index in [2.05, 4.69) is 10.1 Å². The lowest BCUT2D eigenvalue weighted by atomic mass is 10.0. The van der Waals surface area contributed by atoms with E-state index in [1.54, 1.807) is 42.9 Å². The van der Waals surface area contributed by atoms with Crippen LogP contribution in [0.5, 0.6) is 11.6 Å². The number of nitrogens with two attached hydrogens (primary N) is 1. The summed E-state index contributed by atoms with van der Waals surface area (Å²) in [6.07, 6.45) is 0.971. The minimum absolute atomic E-state index is 0.188. The van der Waals surface area contributed by atoms with Gasteiger partial charge in [0, 0.05) is 37.0 Å². The van der Waals surface area contributed by atoms with E-state index in [0.717, 1.165) is 5.69 Å². The summed E-state index contributed by atoms with van der Waals surface area (Å²) in [6, 6.07) is 5.80. The molecule has 30 heavy (non-hydrogen) atoms. The lowest BCUT2D eigenvalue weighted by molar-refractivity contribution is 0.0777. The normalized spacial score (nSPS) is 16.1. The maximum absolute atomic E-state index is 14.0. The molecule has 1 atom stereocenters. The highest BCUT2D eigenvalue weighted by Crippen LogP contribution is 2.38. The van der Waals surface area contributed by atoms with E-state index >= 15 is 0 Å². The molecule has 1 aromatic carbocycles. The standard InChI is InChI=1S/C21H22FN5O3/c1-11-15-8-13(22)5-6-14(15)21(28)26(2)10-16-18(20(29-4)25-27(16)3)12-7-17(30-11)19(23)24-9-12/h5-9,11H,10H2,1-4H3,(H2,23,24). The van der Waals surface area contributed by atoms with Crippen molar-refractivity contribution < 1.29 is 18.7 Å². The van der Waals surface area contributed by atoms with Crippen LogP contribution >= 0.6 is 0 Å². The van der Waals surface area contributed by atoms with Crippen molar-refractivity contribution in [2.45, 2.75) is 19.6 Å². The number of ether oxygens (including phenoxy) is 2. The van der Waals surface area contributed by atoms with Gasteiger partial charge in [0.1, 0.15) is 11.9 Å². The maximum Gasteiger partial charge on any atom is 0.254 e. The van der Waals surface area contributed by atoms with Crippen LogP contribution in [0.15, 0.2) is 30.5 Å². The number of halogens is 1. The number of methoxy groups -OCH3 is 1. The summed E-state index contributed by atoms with van der Waals surface area (Å²) in [6.45, 7) is 1.99. The molecule has 9 heteroatoms. The number of anilines is 1. The number of aromatic nitrogens is 3. The summed E-state index contributed by atoms with van der Waals surface area (Å²) in [4.78, 5) is 19.0. The van der Waals surface area contributed by atoms with Crippen molar-refractivity contribution in [2.24, 2.45) is 7.05 Å². The van der Waals surface area contributed by atoms with Crippen molar-refractivity contribution in [1.82, 2.24) is 19.7 Å². The summed E-state index contributed by atoms with van der Waals surface area (Å²) in [7, 11) is 4.99. The number of hydrogen-bond acceptors (Lipinski definition) is 6. The van der Waals surface area contributed by atoms with Gasteiger partial charge in [-0.3, -0.25) is 9.48 Å². The van der Waals surface area contributed by atoms with Crippen LogP contribution in [0.3, 0.4) is 0 Å². The topological polar surface area (TPSA) is 95.5 Å². The van der Waals surface area contributed by atoms with Crippen LogP contribution in [0.25, 0.3) is 11.1 Å². The number of nitrogens with zero attached hydrogens (tertiary/aromatic N) is 4. The number of pyridine rings is 1. The van der Waals surface area contributed by atoms with Crippen LogP contribution in [-0.4, -0.2) is 39.7 Å². The van der Waals surface area contributed by atoms with Crippen molar-refractivity contribution in [3.05, 3.63) is 53.1 Å². The first-order valence-corrected chi connectivity index (χ1v) is 9.37. The van der Waals surface area contributed by atoms with Gasteiger partial charge in [0.05, 0.1) is 24.9 Å². The van der Waals surface area contributed by atoms with Crippen molar-refractivity contribution in [1.29, 1.82) is 0 Å². The molecule has 156 valence electrons. The van der Waals surface area contributed by atoms with Crippen LogP contribution in [0.1, 0.15) is 34.6 Å². The fourth-order valence-corrected chi connectivity index (χ4v) is 3.65. The predicted molar refractivity (Wildman–Crippen MR) is 109 cm³/mol. The third-order valence-corrected chi connectivity index (χ3v) is 5.22. The molecule has 0 spiro atoms. The zero-order chi connectivity index (χ0) is 21.6. The van der Waals surface area contributed by atoms with E-state index in [-0.39, 0.29) is 18.3 Å². The first kappa shape index (κ1) is 19.7. The second-order valence-electron chi connectivity index (χ2n) is 7.21. The van der Waals surface area contributed by atoms with Gasteiger partial charge >= 0.3 is 0 Å². The molecule has 1 aliphatic rings. The number of aryl methyl sites for hydroxylation is 1. The van der Waals surface area contributed by atoms with Gasteiger partial charge in [-0.05, 0) is 31.2 Å². The van der Waals surface area contributed by atoms with Gasteiger partial charge in [0.15, 0.2) is 11.6 Å². The van der Waals surface area contributed by atoms with E-state index in [1.807, 2.05) is 0 Å². The van der Waals surface area contributed by atoms with Crippen molar-refractivity contribution in [3.8, 4) is 22.8 Å². The highest BCUT2D eigenvalue weighted by molar-refractivity contribution is 5.95. The van der Waals surface area contributed by atoms with Crippen molar-refractivity contribution >= 4 is 11.7 Å². The number of nitrogen functional groups attached to an aromatic ring is 1. The smallest absolute Gasteiger partial charge is 0.254 e. The zero-order valence-corrected chi connectivity index (χ0v) is 17.1. The largest absolute Gasteiger partial charge is 0.482 e. The first-order chi connectivity index (χ1) is 14.3. The SMILES string of the molecule is COc1nn(C)c2c1-c1cnc(N)c(c1)OC(C)c1cc(F)ccc1C(=O)N(C)C2. The third-order valence-electron chi connectivity index (χ3n) is 5.22. The van der Waals surface area contributed by atoms with Gasteiger partial charge in [-0.25, -0.2) is 9.37 Å². The fourth-order valence-electron chi connectivity index (χ4n) is 3.65. The van der Waals surface area contributed by atoms with E-state index in [9.17, 15) is 9.18 Å². The summed E-state index contributed by atoms with van der Waals surface area (Å²) in [5.41, 5.74) is 8.95. The van der Waals surface area contributed by atoms with Crippen LogP contribution in [0.2, 0.25) is 0 Å². The molecule has 0 aliphatic carbocycles. The van der Waals surface area contributed by atoms with Crippen LogP contribution in [-0.2, 0) is 13.6 Å². The van der Waals surface area contributed by atoms with E-state index < -0.39 is 11.9 Å². The average molecular weight is 411 g/mol. The quantitative estimate of drug-likeness (QED) is 0.662. The Kier molecular flexibility index (Phi) is 4.81. The lowest BCUT2D eigenvalue weighted by Gasteiger charge is -2.24. The molecule has 1 unspecified atom stereocenters. The molecule has 3 heterocycles. The Bertz CT molecular complexity index is 1140. The molecule has 1 amide bonds. The van der Waals surface area contributed by atoms with Crippen LogP contribution < -0.4 is 15.2 Å². The molecule has 0 fully saturated rings. The van der Waals surface area contributed by atoms with E-state index in [0.29, 0.717) is 33.9 Å².